The first-order valence-electron chi connectivity index (χ1n) is 9.41. The Balaban J connectivity index is 1.48. The fourth-order valence-corrected chi connectivity index (χ4v) is 2.66. The molecule has 0 atom stereocenters. The SMILES string of the molecule is Cc1ccccc1OCC(=O)NN=Cc1ccc(OC(=O)c2ccccc2C)cc1. The van der Waals surface area contributed by atoms with Crippen LogP contribution in [0.3, 0.4) is 0 Å². The summed E-state index contributed by atoms with van der Waals surface area (Å²) in [6.45, 7) is 3.64. The standard InChI is InChI=1S/C24H22N2O4/c1-17-7-3-5-9-21(17)24(28)30-20-13-11-19(12-14-20)15-25-26-23(27)16-29-22-10-6-4-8-18(22)2/h3-15H,16H2,1-2H3,(H,26,27). The van der Waals surface area contributed by atoms with Gasteiger partial charge >= 0.3 is 5.97 Å². The largest absolute Gasteiger partial charge is 0.483 e. The van der Waals surface area contributed by atoms with Gasteiger partial charge in [-0.2, -0.15) is 5.10 Å². The van der Waals surface area contributed by atoms with Gasteiger partial charge in [-0.3, -0.25) is 4.79 Å². The summed E-state index contributed by atoms with van der Waals surface area (Å²) in [5.41, 5.74) is 5.49. The van der Waals surface area contributed by atoms with E-state index in [1.165, 1.54) is 6.21 Å². The van der Waals surface area contributed by atoms with Gasteiger partial charge in [-0.25, -0.2) is 10.2 Å². The maximum Gasteiger partial charge on any atom is 0.343 e. The number of carbonyl (C=O) groups excluding carboxylic acids is 2. The zero-order valence-corrected chi connectivity index (χ0v) is 16.8. The highest BCUT2D eigenvalue weighted by Gasteiger charge is 2.10. The van der Waals surface area contributed by atoms with Crippen LogP contribution in [0.1, 0.15) is 27.0 Å². The van der Waals surface area contributed by atoms with E-state index in [0.717, 1.165) is 16.7 Å². The van der Waals surface area contributed by atoms with Crippen LogP contribution in [0.15, 0.2) is 77.9 Å². The van der Waals surface area contributed by atoms with Gasteiger partial charge in [0.1, 0.15) is 11.5 Å². The molecule has 3 aromatic rings. The lowest BCUT2D eigenvalue weighted by molar-refractivity contribution is -0.123. The van der Waals surface area contributed by atoms with Crippen molar-refractivity contribution >= 4 is 18.1 Å². The molecule has 6 nitrogen and oxygen atoms in total. The highest BCUT2D eigenvalue weighted by molar-refractivity contribution is 5.92. The lowest BCUT2D eigenvalue weighted by Crippen LogP contribution is -2.24. The van der Waals surface area contributed by atoms with Crippen LogP contribution in [0.25, 0.3) is 0 Å². The summed E-state index contributed by atoms with van der Waals surface area (Å²) in [6, 6.07) is 21.5. The second kappa shape index (κ2) is 10.0. The molecule has 0 saturated carbocycles. The van der Waals surface area contributed by atoms with Crippen molar-refractivity contribution < 1.29 is 19.1 Å². The molecular formula is C24H22N2O4. The van der Waals surface area contributed by atoms with Crippen LogP contribution in [0.4, 0.5) is 0 Å². The highest BCUT2D eigenvalue weighted by atomic mass is 16.5. The number of nitrogens with one attached hydrogen (secondary N) is 1. The molecule has 3 aromatic carbocycles. The summed E-state index contributed by atoms with van der Waals surface area (Å²) < 4.78 is 10.9. The summed E-state index contributed by atoms with van der Waals surface area (Å²) in [4.78, 5) is 24.1. The number of rotatable bonds is 7. The molecule has 6 heteroatoms. The molecule has 0 aliphatic carbocycles. The van der Waals surface area contributed by atoms with E-state index in [1.807, 2.05) is 44.2 Å². The highest BCUT2D eigenvalue weighted by Crippen LogP contribution is 2.16. The third kappa shape index (κ3) is 5.78. The normalized spacial score (nSPS) is 10.6. The molecule has 0 saturated heterocycles. The molecule has 0 spiro atoms. The number of para-hydroxylation sites is 1. The second-order valence-corrected chi connectivity index (χ2v) is 6.62. The number of carbonyl (C=O) groups is 2. The lowest BCUT2D eigenvalue weighted by atomic mass is 10.1. The Morgan fingerprint density at radius 2 is 1.57 bits per heavy atom. The molecule has 0 fully saturated rings. The van der Waals surface area contributed by atoms with Gasteiger partial charge in [0.25, 0.3) is 5.91 Å². The average molecular weight is 402 g/mol. The van der Waals surface area contributed by atoms with Crippen molar-refractivity contribution in [3.05, 3.63) is 95.1 Å². The van der Waals surface area contributed by atoms with E-state index in [0.29, 0.717) is 17.1 Å². The van der Waals surface area contributed by atoms with E-state index in [4.69, 9.17) is 9.47 Å². The van der Waals surface area contributed by atoms with Gasteiger partial charge in [-0.05, 0) is 66.9 Å². The minimum Gasteiger partial charge on any atom is -0.483 e. The van der Waals surface area contributed by atoms with Crippen molar-refractivity contribution in [3.63, 3.8) is 0 Å². The Kier molecular flexibility index (Phi) is 6.95. The number of hydrogen-bond donors (Lipinski definition) is 1. The number of hydrogen-bond acceptors (Lipinski definition) is 5. The van der Waals surface area contributed by atoms with E-state index >= 15 is 0 Å². The van der Waals surface area contributed by atoms with E-state index in [-0.39, 0.29) is 12.5 Å². The number of benzene rings is 3. The summed E-state index contributed by atoms with van der Waals surface area (Å²) in [5.74, 6) is 0.317. The van der Waals surface area contributed by atoms with Gasteiger partial charge in [0.2, 0.25) is 0 Å². The summed E-state index contributed by atoms with van der Waals surface area (Å²) in [7, 11) is 0. The van der Waals surface area contributed by atoms with Crippen LogP contribution in [0.2, 0.25) is 0 Å². The first-order valence-corrected chi connectivity index (χ1v) is 9.41. The van der Waals surface area contributed by atoms with E-state index in [9.17, 15) is 9.59 Å². The predicted molar refractivity (Wildman–Crippen MR) is 115 cm³/mol. The van der Waals surface area contributed by atoms with Crippen LogP contribution in [-0.2, 0) is 4.79 Å². The maximum absolute atomic E-state index is 12.2. The number of hydrazone groups is 1. The topological polar surface area (TPSA) is 77.0 Å². The first-order chi connectivity index (χ1) is 14.5. The van der Waals surface area contributed by atoms with Crippen LogP contribution in [-0.4, -0.2) is 24.7 Å². The maximum atomic E-state index is 12.2. The average Bonchev–Trinajstić information content (AvgIpc) is 2.74. The second-order valence-electron chi connectivity index (χ2n) is 6.62. The fraction of sp³-hybridized carbons (Fsp3) is 0.125. The summed E-state index contributed by atoms with van der Waals surface area (Å²) >= 11 is 0. The predicted octanol–water partition coefficient (Wildman–Crippen LogP) is 4.05. The number of esters is 1. The molecule has 0 aliphatic rings. The number of ether oxygens (including phenoxy) is 2. The van der Waals surface area contributed by atoms with Crippen molar-refractivity contribution in [1.82, 2.24) is 5.43 Å². The molecule has 1 amide bonds. The van der Waals surface area contributed by atoms with Crippen molar-refractivity contribution in [2.45, 2.75) is 13.8 Å². The van der Waals surface area contributed by atoms with E-state index < -0.39 is 5.97 Å². The van der Waals surface area contributed by atoms with Crippen LogP contribution in [0, 0.1) is 13.8 Å². The molecule has 152 valence electrons. The van der Waals surface area contributed by atoms with Gasteiger partial charge in [-0.1, -0.05) is 36.4 Å². The Bertz CT molecular complexity index is 1060. The Morgan fingerprint density at radius 1 is 0.900 bits per heavy atom. The van der Waals surface area contributed by atoms with E-state index in [2.05, 4.69) is 10.5 Å². The van der Waals surface area contributed by atoms with Crippen molar-refractivity contribution in [1.29, 1.82) is 0 Å². The molecule has 0 aromatic heterocycles. The number of aryl methyl sites for hydroxylation is 2. The molecule has 0 heterocycles. The Morgan fingerprint density at radius 3 is 2.27 bits per heavy atom. The van der Waals surface area contributed by atoms with Gasteiger partial charge in [0.15, 0.2) is 6.61 Å². The molecule has 0 bridgehead atoms. The quantitative estimate of drug-likeness (QED) is 0.280. The van der Waals surface area contributed by atoms with Crippen LogP contribution < -0.4 is 14.9 Å². The molecule has 0 unspecified atom stereocenters. The van der Waals surface area contributed by atoms with Crippen molar-refractivity contribution in [2.75, 3.05) is 6.61 Å². The summed E-state index contributed by atoms with van der Waals surface area (Å²) in [5, 5.41) is 3.91. The van der Waals surface area contributed by atoms with Gasteiger partial charge in [0.05, 0.1) is 11.8 Å². The third-order valence-corrected chi connectivity index (χ3v) is 4.31. The van der Waals surface area contributed by atoms with Gasteiger partial charge in [0, 0.05) is 0 Å². The minimum atomic E-state index is -0.407. The lowest BCUT2D eigenvalue weighted by Gasteiger charge is -2.07. The Labute approximate surface area is 175 Å². The van der Waals surface area contributed by atoms with Crippen LogP contribution in [0.5, 0.6) is 11.5 Å². The van der Waals surface area contributed by atoms with E-state index in [1.54, 1.807) is 42.5 Å². The van der Waals surface area contributed by atoms with Crippen molar-refractivity contribution in [2.24, 2.45) is 5.10 Å². The molecule has 1 N–H and O–H groups in total. The Hall–Kier alpha value is -3.93. The number of nitrogens with zero attached hydrogens (tertiary/aromatic N) is 1. The molecule has 3 rings (SSSR count). The first kappa shape index (κ1) is 20.8. The van der Waals surface area contributed by atoms with Crippen molar-refractivity contribution in [3.8, 4) is 11.5 Å². The number of amides is 1. The monoisotopic (exact) mass is 402 g/mol. The zero-order valence-electron chi connectivity index (χ0n) is 16.8. The molecular weight excluding hydrogens is 380 g/mol. The summed E-state index contributed by atoms with van der Waals surface area (Å²) in [6.07, 6.45) is 1.50. The smallest absolute Gasteiger partial charge is 0.343 e. The van der Waals surface area contributed by atoms with Crippen LogP contribution >= 0.6 is 0 Å². The fourth-order valence-electron chi connectivity index (χ4n) is 2.66. The van der Waals surface area contributed by atoms with Gasteiger partial charge < -0.3 is 9.47 Å². The minimum absolute atomic E-state index is 0.129. The molecule has 30 heavy (non-hydrogen) atoms. The zero-order chi connectivity index (χ0) is 21.3. The molecule has 0 aliphatic heterocycles. The van der Waals surface area contributed by atoms with Gasteiger partial charge in [-0.15, -0.1) is 0 Å². The molecule has 0 radical (unpaired) electrons. The third-order valence-electron chi connectivity index (χ3n) is 4.31.